The van der Waals surface area contributed by atoms with Gasteiger partial charge in [-0.25, -0.2) is 4.98 Å². The van der Waals surface area contributed by atoms with Crippen molar-refractivity contribution in [2.24, 2.45) is 5.73 Å². The smallest absolute Gasteiger partial charge is 0.109 e. The molecule has 0 aliphatic heterocycles. The molecule has 1 heterocycles. The molecule has 0 unspecified atom stereocenters. The second-order valence-electron chi connectivity index (χ2n) is 4.51. The summed E-state index contributed by atoms with van der Waals surface area (Å²) in [5, 5.41) is 0. The van der Waals surface area contributed by atoms with E-state index in [0.29, 0.717) is 0 Å². The third-order valence-electron chi connectivity index (χ3n) is 3.15. The van der Waals surface area contributed by atoms with Gasteiger partial charge in [-0.15, -0.1) is 0 Å². The van der Waals surface area contributed by atoms with Gasteiger partial charge in [0.05, 0.1) is 11.0 Å². The van der Waals surface area contributed by atoms with Gasteiger partial charge in [0.25, 0.3) is 0 Å². The van der Waals surface area contributed by atoms with Crippen LogP contribution in [0.3, 0.4) is 0 Å². The molecule has 0 saturated heterocycles. The van der Waals surface area contributed by atoms with E-state index < -0.39 is 0 Å². The molecule has 0 saturated carbocycles. The van der Waals surface area contributed by atoms with Gasteiger partial charge >= 0.3 is 0 Å². The highest BCUT2D eigenvalue weighted by Crippen LogP contribution is 2.18. The summed E-state index contributed by atoms with van der Waals surface area (Å²) in [5.41, 5.74) is 9.17. The Morgan fingerprint density at radius 3 is 2.82 bits per heavy atom. The van der Waals surface area contributed by atoms with Gasteiger partial charge in [0.15, 0.2) is 0 Å². The van der Waals surface area contributed by atoms with Crippen molar-refractivity contribution in [3.05, 3.63) is 29.6 Å². The Labute approximate surface area is 103 Å². The third-order valence-corrected chi connectivity index (χ3v) is 3.15. The van der Waals surface area contributed by atoms with Crippen LogP contribution in [0.15, 0.2) is 18.2 Å². The van der Waals surface area contributed by atoms with E-state index in [0.717, 1.165) is 37.9 Å². The van der Waals surface area contributed by atoms with Gasteiger partial charge < -0.3 is 10.3 Å². The summed E-state index contributed by atoms with van der Waals surface area (Å²) in [5.74, 6) is 1.20. The topological polar surface area (TPSA) is 43.8 Å². The van der Waals surface area contributed by atoms with Crippen molar-refractivity contribution in [1.82, 2.24) is 9.55 Å². The molecule has 17 heavy (non-hydrogen) atoms. The number of unbranched alkanes of at least 4 members (excludes halogenated alkanes) is 1. The lowest BCUT2D eigenvalue weighted by molar-refractivity contribution is 0.661. The third kappa shape index (κ3) is 2.50. The molecule has 0 radical (unpaired) electrons. The molecule has 3 nitrogen and oxygen atoms in total. The van der Waals surface area contributed by atoms with Gasteiger partial charge in [-0.1, -0.05) is 6.07 Å². The molecule has 1 aromatic carbocycles. The van der Waals surface area contributed by atoms with Crippen molar-refractivity contribution in [3.63, 3.8) is 0 Å². The quantitative estimate of drug-likeness (QED) is 0.804. The van der Waals surface area contributed by atoms with Gasteiger partial charge in [0.1, 0.15) is 5.82 Å². The van der Waals surface area contributed by atoms with Crippen molar-refractivity contribution in [1.29, 1.82) is 0 Å². The zero-order chi connectivity index (χ0) is 12.3. The van der Waals surface area contributed by atoms with Crippen LogP contribution in [0, 0.1) is 6.92 Å². The molecule has 1 aromatic heterocycles. The Bertz CT molecular complexity index is 499. The fourth-order valence-electron chi connectivity index (χ4n) is 2.26. The van der Waals surface area contributed by atoms with Crippen LogP contribution >= 0.6 is 0 Å². The fraction of sp³-hybridized carbons (Fsp3) is 0.500. The zero-order valence-corrected chi connectivity index (χ0v) is 10.7. The summed E-state index contributed by atoms with van der Waals surface area (Å²) in [6.45, 7) is 6.04. The second kappa shape index (κ2) is 5.32. The molecule has 0 aliphatic carbocycles. The van der Waals surface area contributed by atoms with Crippen LogP contribution in [0.2, 0.25) is 0 Å². The zero-order valence-electron chi connectivity index (χ0n) is 10.7. The average Bonchev–Trinajstić information content (AvgIpc) is 2.66. The number of aromatic nitrogens is 2. The van der Waals surface area contributed by atoms with Crippen molar-refractivity contribution in [2.75, 3.05) is 6.54 Å². The highest BCUT2D eigenvalue weighted by Gasteiger charge is 2.08. The first-order valence-corrected chi connectivity index (χ1v) is 6.42. The maximum atomic E-state index is 5.53. The molecule has 0 bridgehead atoms. The standard InChI is InChI=1S/C14H21N3/c1-3-17-13-8-7-11(2)10-12(13)16-14(17)6-4-5-9-15/h7-8,10H,3-6,9,15H2,1-2H3. The number of nitrogens with zero attached hydrogens (tertiary/aromatic N) is 2. The number of benzene rings is 1. The maximum Gasteiger partial charge on any atom is 0.109 e. The monoisotopic (exact) mass is 231 g/mol. The van der Waals surface area contributed by atoms with Crippen molar-refractivity contribution in [2.45, 2.75) is 39.7 Å². The minimum Gasteiger partial charge on any atom is -0.330 e. The van der Waals surface area contributed by atoms with Crippen LogP contribution in [0.4, 0.5) is 0 Å². The van der Waals surface area contributed by atoms with Crippen LogP contribution in [-0.4, -0.2) is 16.1 Å². The molecule has 0 spiro atoms. The molecule has 92 valence electrons. The van der Waals surface area contributed by atoms with Crippen molar-refractivity contribution in [3.8, 4) is 0 Å². The summed E-state index contributed by atoms with van der Waals surface area (Å²) < 4.78 is 2.31. The van der Waals surface area contributed by atoms with E-state index in [1.54, 1.807) is 0 Å². The molecule has 2 N–H and O–H groups in total. The van der Waals surface area contributed by atoms with Gasteiger partial charge in [0.2, 0.25) is 0 Å². The molecule has 2 rings (SSSR count). The molecule has 0 amide bonds. The van der Waals surface area contributed by atoms with E-state index in [4.69, 9.17) is 10.7 Å². The SMILES string of the molecule is CCn1c(CCCCN)nc2cc(C)ccc21. The van der Waals surface area contributed by atoms with E-state index in [1.807, 2.05) is 0 Å². The molecular formula is C14H21N3. The molecule has 0 atom stereocenters. The Hall–Kier alpha value is -1.35. The minimum absolute atomic E-state index is 0.769. The largest absolute Gasteiger partial charge is 0.330 e. The lowest BCUT2D eigenvalue weighted by atomic mass is 10.2. The average molecular weight is 231 g/mol. The van der Waals surface area contributed by atoms with Crippen LogP contribution in [0.1, 0.15) is 31.2 Å². The minimum atomic E-state index is 0.769. The van der Waals surface area contributed by atoms with Gasteiger partial charge in [-0.05, 0) is 50.9 Å². The first kappa shape index (κ1) is 12.1. The number of hydrogen-bond acceptors (Lipinski definition) is 2. The van der Waals surface area contributed by atoms with E-state index in [1.165, 1.54) is 16.9 Å². The number of fused-ring (bicyclic) bond motifs is 1. The number of nitrogens with two attached hydrogens (primary N) is 1. The Balaban J connectivity index is 2.34. The van der Waals surface area contributed by atoms with Gasteiger partial charge in [-0.3, -0.25) is 0 Å². The summed E-state index contributed by atoms with van der Waals surface area (Å²) in [6, 6.07) is 6.49. The van der Waals surface area contributed by atoms with Crippen LogP contribution < -0.4 is 5.73 Å². The fourth-order valence-corrected chi connectivity index (χ4v) is 2.26. The van der Waals surface area contributed by atoms with E-state index in [2.05, 4.69) is 36.6 Å². The first-order valence-electron chi connectivity index (χ1n) is 6.42. The van der Waals surface area contributed by atoms with E-state index >= 15 is 0 Å². The maximum absolute atomic E-state index is 5.53. The summed E-state index contributed by atoms with van der Waals surface area (Å²) in [4.78, 5) is 4.74. The van der Waals surface area contributed by atoms with Crippen molar-refractivity contribution < 1.29 is 0 Å². The molecular weight excluding hydrogens is 210 g/mol. The molecule has 3 heteroatoms. The number of imidazole rings is 1. The second-order valence-corrected chi connectivity index (χ2v) is 4.51. The van der Waals surface area contributed by atoms with Gasteiger partial charge in [-0.2, -0.15) is 0 Å². The van der Waals surface area contributed by atoms with Crippen LogP contribution in [0.25, 0.3) is 11.0 Å². The Morgan fingerprint density at radius 1 is 1.29 bits per heavy atom. The lowest BCUT2D eigenvalue weighted by Gasteiger charge is -2.05. The van der Waals surface area contributed by atoms with E-state index in [9.17, 15) is 0 Å². The number of aryl methyl sites for hydroxylation is 3. The predicted octanol–water partition coefficient (Wildman–Crippen LogP) is 2.65. The van der Waals surface area contributed by atoms with E-state index in [-0.39, 0.29) is 0 Å². The summed E-state index contributed by atoms with van der Waals surface area (Å²) in [6.07, 6.45) is 3.23. The van der Waals surface area contributed by atoms with Crippen LogP contribution in [-0.2, 0) is 13.0 Å². The van der Waals surface area contributed by atoms with Crippen molar-refractivity contribution >= 4 is 11.0 Å². The number of hydrogen-bond donors (Lipinski definition) is 1. The Morgan fingerprint density at radius 2 is 2.12 bits per heavy atom. The highest BCUT2D eigenvalue weighted by molar-refractivity contribution is 5.76. The number of rotatable bonds is 5. The normalized spacial score (nSPS) is 11.2. The molecule has 2 aromatic rings. The Kier molecular flexibility index (Phi) is 3.79. The summed E-state index contributed by atoms with van der Waals surface area (Å²) in [7, 11) is 0. The van der Waals surface area contributed by atoms with Gasteiger partial charge in [0, 0.05) is 13.0 Å². The highest BCUT2D eigenvalue weighted by atomic mass is 15.1. The summed E-state index contributed by atoms with van der Waals surface area (Å²) >= 11 is 0. The lowest BCUT2D eigenvalue weighted by Crippen LogP contribution is -2.04. The molecule has 0 fully saturated rings. The first-order chi connectivity index (χ1) is 8.26. The molecule has 0 aliphatic rings. The van der Waals surface area contributed by atoms with Crippen LogP contribution in [0.5, 0.6) is 0 Å². The predicted molar refractivity (Wildman–Crippen MR) is 72.1 cm³/mol.